The minimum Gasteiger partial charge on any atom is -0.480 e. The Bertz CT molecular complexity index is 861. The van der Waals surface area contributed by atoms with Crippen molar-refractivity contribution in [3.05, 3.63) is 23.3 Å². The van der Waals surface area contributed by atoms with Crippen LogP contribution in [0.4, 0.5) is 0 Å². The maximum absolute atomic E-state index is 13.1. The zero-order valence-electron chi connectivity index (χ0n) is 14.3. The third-order valence-corrected chi connectivity index (χ3v) is 5.42. The predicted octanol–water partition coefficient (Wildman–Crippen LogP) is 1.60. The van der Waals surface area contributed by atoms with Gasteiger partial charge in [0, 0.05) is 17.4 Å². The van der Waals surface area contributed by atoms with E-state index in [1.54, 1.807) is 0 Å². The first kappa shape index (κ1) is 16.0. The number of amides is 1. The topological polar surface area (TPSA) is 101 Å². The molecule has 25 heavy (non-hydrogen) atoms. The minimum atomic E-state index is -0.948. The van der Waals surface area contributed by atoms with Crippen LogP contribution in [0.1, 0.15) is 54.1 Å². The van der Waals surface area contributed by atoms with Crippen LogP contribution in [0, 0.1) is 19.8 Å². The second kappa shape index (κ2) is 5.79. The van der Waals surface area contributed by atoms with Gasteiger partial charge in [0.2, 0.25) is 5.82 Å². The molecule has 132 valence electrons. The van der Waals surface area contributed by atoms with Crippen LogP contribution in [-0.2, 0) is 4.79 Å². The number of aromatic nitrogens is 4. The lowest BCUT2D eigenvalue weighted by atomic mass is 9.85. The lowest BCUT2D eigenvalue weighted by molar-refractivity contribution is -0.141. The van der Waals surface area contributed by atoms with Gasteiger partial charge in [0.15, 0.2) is 0 Å². The monoisotopic (exact) mass is 343 g/mol. The molecule has 0 radical (unpaired) electrons. The Balaban J connectivity index is 1.73. The van der Waals surface area contributed by atoms with E-state index in [1.807, 2.05) is 19.9 Å². The molecule has 1 saturated heterocycles. The molecule has 8 heteroatoms. The van der Waals surface area contributed by atoms with Gasteiger partial charge in [0.25, 0.3) is 11.7 Å². The molecule has 1 amide bonds. The van der Waals surface area contributed by atoms with Gasteiger partial charge < -0.3 is 10.0 Å². The van der Waals surface area contributed by atoms with Crippen molar-refractivity contribution in [3.63, 3.8) is 0 Å². The highest BCUT2D eigenvalue weighted by Crippen LogP contribution is 2.40. The Morgan fingerprint density at radius 1 is 1.20 bits per heavy atom. The summed E-state index contributed by atoms with van der Waals surface area (Å²) in [5.41, 5.74) is 1.63. The summed E-state index contributed by atoms with van der Waals surface area (Å²) in [5.74, 6) is -0.690. The number of hydrogen-bond donors (Lipinski definition) is 1. The molecular formula is C17H21N5O3. The fraction of sp³-hybridized carbons (Fsp3) is 0.588. The van der Waals surface area contributed by atoms with E-state index in [0.29, 0.717) is 12.2 Å². The number of likely N-dealkylation sites (tertiary alicyclic amines) is 1. The first-order valence-electron chi connectivity index (χ1n) is 8.72. The normalized spacial score (nSPS) is 26.0. The number of carboxylic acid groups (broad SMARTS) is 1. The minimum absolute atomic E-state index is 0.0234. The van der Waals surface area contributed by atoms with Crippen molar-refractivity contribution < 1.29 is 14.7 Å². The van der Waals surface area contributed by atoms with Crippen LogP contribution >= 0.6 is 0 Å². The Morgan fingerprint density at radius 3 is 2.72 bits per heavy atom. The SMILES string of the molecule is Cc1cc(C)n2nc(C(=O)N3[C@@H]4CCCC[C@H]4C[C@H]3C(=O)O)nc2n1. The number of carbonyl (C=O) groups is 2. The van der Waals surface area contributed by atoms with Crippen molar-refractivity contribution in [1.82, 2.24) is 24.5 Å². The van der Waals surface area contributed by atoms with Crippen LogP contribution in [-0.4, -0.2) is 53.5 Å². The lowest BCUT2D eigenvalue weighted by Crippen LogP contribution is -2.46. The molecule has 8 nitrogen and oxygen atoms in total. The highest BCUT2D eigenvalue weighted by atomic mass is 16.4. The third-order valence-electron chi connectivity index (χ3n) is 5.42. The Morgan fingerprint density at radius 2 is 1.96 bits per heavy atom. The van der Waals surface area contributed by atoms with Crippen molar-refractivity contribution in [1.29, 1.82) is 0 Å². The van der Waals surface area contributed by atoms with E-state index in [0.717, 1.165) is 37.1 Å². The Kier molecular flexibility index (Phi) is 3.70. The molecule has 0 aromatic carbocycles. The summed E-state index contributed by atoms with van der Waals surface area (Å²) in [6, 6.07) is 1.05. The second-order valence-corrected chi connectivity index (χ2v) is 7.10. The number of rotatable bonds is 2. The van der Waals surface area contributed by atoms with Gasteiger partial charge in [0.05, 0.1) is 0 Å². The standard InChI is InChI=1S/C17H21N5O3/c1-9-7-10(2)22-17(18-9)19-14(20-22)15(23)21-12-6-4-3-5-11(12)8-13(21)16(24)25/h7,11-13H,3-6,8H2,1-2H3,(H,24,25)/t11-,12+,13-/m0/s1. The van der Waals surface area contributed by atoms with Crippen LogP contribution in [0.15, 0.2) is 6.07 Å². The first-order valence-corrected chi connectivity index (χ1v) is 8.72. The molecule has 2 aromatic heterocycles. The molecule has 3 heterocycles. The van der Waals surface area contributed by atoms with E-state index in [2.05, 4.69) is 15.1 Å². The molecule has 2 aliphatic rings. The van der Waals surface area contributed by atoms with Gasteiger partial charge >= 0.3 is 5.97 Å². The van der Waals surface area contributed by atoms with Crippen molar-refractivity contribution in [2.75, 3.05) is 0 Å². The number of carboxylic acids is 1. The molecule has 1 saturated carbocycles. The van der Waals surface area contributed by atoms with Crippen molar-refractivity contribution >= 4 is 17.7 Å². The number of nitrogens with zero attached hydrogens (tertiary/aromatic N) is 5. The van der Waals surface area contributed by atoms with Crippen molar-refractivity contribution in [2.24, 2.45) is 5.92 Å². The quantitative estimate of drug-likeness (QED) is 0.889. The summed E-state index contributed by atoms with van der Waals surface area (Å²) in [5, 5.41) is 13.9. The number of carbonyl (C=O) groups excluding carboxylic acids is 1. The van der Waals surface area contributed by atoms with Gasteiger partial charge in [-0.3, -0.25) is 4.79 Å². The Hall–Kier alpha value is -2.51. The van der Waals surface area contributed by atoms with Gasteiger partial charge in [0.1, 0.15) is 6.04 Å². The maximum atomic E-state index is 13.1. The van der Waals surface area contributed by atoms with Crippen molar-refractivity contribution in [2.45, 2.75) is 58.0 Å². The van der Waals surface area contributed by atoms with E-state index in [-0.39, 0.29) is 17.8 Å². The zero-order valence-corrected chi connectivity index (χ0v) is 14.3. The molecule has 2 fully saturated rings. The van der Waals surface area contributed by atoms with Gasteiger partial charge in [-0.15, -0.1) is 5.10 Å². The molecule has 2 aromatic rings. The van der Waals surface area contributed by atoms with Crippen LogP contribution < -0.4 is 0 Å². The molecule has 0 unspecified atom stereocenters. The van der Waals surface area contributed by atoms with Crippen LogP contribution in [0.3, 0.4) is 0 Å². The molecule has 3 atom stereocenters. The van der Waals surface area contributed by atoms with Crippen LogP contribution in [0.5, 0.6) is 0 Å². The van der Waals surface area contributed by atoms with E-state index < -0.39 is 17.9 Å². The van der Waals surface area contributed by atoms with Gasteiger partial charge in [-0.25, -0.2) is 14.3 Å². The van der Waals surface area contributed by atoms with Gasteiger partial charge in [-0.2, -0.15) is 4.98 Å². The smallest absolute Gasteiger partial charge is 0.326 e. The van der Waals surface area contributed by atoms with E-state index in [9.17, 15) is 14.7 Å². The van der Waals surface area contributed by atoms with E-state index >= 15 is 0 Å². The summed E-state index contributed by atoms with van der Waals surface area (Å²) >= 11 is 0. The average Bonchev–Trinajstić information content (AvgIpc) is 3.15. The number of hydrogen-bond acceptors (Lipinski definition) is 5. The number of fused-ring (bicyclic) bond motifs is 2. The summed E-state index contributed by atoms with van der Waals surface area (Å²) in [6.45, 7) is 3.73. The molecule has 1 N–H and O–H groups in total. The van der Waals surface area contributed by atoms with Crippen LogP contribution in [0.2, 0.25) is 0 Å². The average molecular weight is 343 g/mol. The third kappa shape index (κ3) is 2.56. The summed E-state index contributed by atoms with van der Waals surface area (Å²) < 4.78 is 1.53. The fourth-order valence-electron chi connectivity index (χ4n) is 4.35. The lowest BCUT2D eigenvalue weighted by Gasteiger charge is -2.32. The summed E-state index contributed by atoms with van der Waals surface area (Å²) in [6.07, 6.45) is 4.48. The second-order valence-electron chi connectivity index (χ2n) is 7.10. The molecule has 0 spiro atoms. The van der Waals surface area contributed by atoms with Crippen molar-refractivity contribution in [3.8, 4) is 0 Å². The van der Waals surface area contributed by atoms with E-state index in [4.69, 9.17) is 0 Å². The maximum Gasteiger partial charge on any atom is 0.326 e. The highest BCUT2D eigenvalue weighted by Gasteiger charge is 2.48. The first-order chi connectivity index (χ1) is 12.0. The largest absolute Gasteiger partial charge is 0.480 e. The fourth-order valence-corrected chi connectivity index (χ4v) is 4.35. The summed E-state index contributed by atoms with van der Waals surface area (Å²) in [7, 11) is 0. The van der Waals surface area contributed by atoms with E-state index in [1.165, 1.54) is 9.42 Å². The molecular weight excluding hydrogens is 322 g/mol. The highest BCUT2D eigenvalue weighted by molar-refractivity contribution is 5.94. The molecule has 1 aliphatic heterocycles. The number of aryl methyl sites for hydroxylation is 2. The summed E-state index contributed by atoms with van der Waals surface area (Å²) in [4.78, 5) is 34.9. The molecule has 1 aliphatic carbocycles. The molecule has 4 rings (SSSR count). The Labute approximate surface area is 144 Å². The van der Waals surface area contributed by atoms with Crippen LogP contribution in [0.25, 0.3) is 5.78 Å². The van der Waals surface area contributed by atoms with Gasteiger partial charge in [-0.05, 0) is 45.1 Å². The zero-order chi connectivity index (χ0) is 17.7. The van der Waals surface area contributed by atoms with Gasteiger partial charge in [-0.1, -0.05) is 12.8 Å². The predicted molar refractivity (Wildman–Crippen MR) is 88.2 cm³/mol. The molecule has 0 bridgehead atoms. The number of aliphatic carboxylic acids is 1.